The normalized spacial score (nSPS) is 16.4. The summed E-state index contributed by atoms with van der Waals surface area (Å²) in [6, 6.07) is 9.22. The van der Waals surface area contributed by atoms with Gasteiger partial charge in [0.15, 0.2) is 0 Å². The number of benzene rings is 1. The van der Waals surface area contributed by atoms with Gasteiger partial charge in [-0.1, -0.05) is 12.1 Å². The van der Waals surface area contributed by atoms with Crippen LogP contribution in [0.4, 0.5) is 5.69 Å². The van der Waals surface area contributed by atoms with Crippen molar-refractivity contribution in [3.05, 3.63) is 53.3 Å². The second-order valence-electron chi connectivity index (χ2n) is 6.65. The molecule has 0 unspecified atom stereocenters. The van der Waals surface area contributed by atoms with Gasteiger partial charge in [0.2, 0.25) is 11.8 Å². The van der Waals surface area contributed by atoms with Gasteiger partial charge in [-0.2, -0.15) is 0 Å². The lowest BCUT2D eigenvalue weighted by molar-refractivity contribution is -0.131. The minimum Gasteiger partial charge on any atom is -0.357 e. The maximum absolute atomic E-state index is 12.6. The van der Waals surface area contributed by atoms with Gasteiger partial charge in [-0.3, -0.25) is 14.4 Å². The number of carbonyl (C=O) groups excluding carboxylic acids is 3. The summed E-state index contributed by atoms with van der Waals surface area (Å²) in [7, 11) is 0. The Kier molecular flexibility index (Phi) is 4.20. The van der Waals surface area contributed by atoms with Gasteiger partial charge in [0, 0.05) is 38.1 Å². The van der Waals surface area contributed by atoms with Crippen molar-refractivity contribution in [3.8, 4) is 0 Å². The summed E-state index contributed by atoms with van der Waals surface area (Å²) in [4.78, 5) is 42.8. The van der Waals surface area contributed by atoms with Crippen LogP contribution in [0, 0.1) is 0 Å². The molecule has 2 aliphatic rings. The molecule has 3 heterocycles. The smallest absolute Gasteiger partial charge is 0.270 e. The van der Waals surface area contributed by atoms with Crippen molar-refractivity contribution in [1.82, 2.24) is 14.8 Å². The zero-order valence-electron chi connectivity index (χ0n) is 14.3. The van der Waals surface area contributed by atoms with Gasteiger partial charge in [0.05, 0.1) is 12.8 Å². The van der Waals surface area contributed by atoms with Crippen LogP contribution in [0.3, 0.4) is 0 Å². The van der Waals surface area contributed by atoms with Gasteiger partial charge >= 0.3 is 0 Å². The molecule has 0 aliphatic carbocycles. The number of rotatable bonds is 3. The van der Waals surface area contributed by atoms with Crippen LogP contribution in [0.2, 0.25) is 0 Å². The second kappa shape index (κ2) is 6.67. The molecule has 3 amide bonds. The number of nitrogens with zero attached hydrogens (tertiary/aromatic N) is 2. The summed E-state index contributed by atoms with van der Waals surface area (Å²) in [5.74, 6) is 0.0124. The fourth-order valence-corrected chi connectivity index (χ4v) is 3.47. The maximum Gasteiger partial charge on any atom is 0.270 e. The lowest BCUT2D eigenvalue weighted by Crippen LogP contribution is -2.51. The molecule has 0 atom stereocenters. The Morgan fingerprint density at radius 1 is 1.04 bits per heavy atom. The summed E-state index contributed by atoms with van der Waals surface area (Å²) in [6.45, 7) is 2.14. The molecule has 1 aromatic heterocycles. The highest BCUT2D eigenvalue weighted by Crippen LogP contribution is 2.24. The van der Waals surface area contributed by atoms with Gasteiger partial charge in [-0.05, 0) is 29.3 Å². The predicted molar refractivity (Wildman–Crippen MR) is 95.8 cm³/mol. The van der Waals surface area contributed by atoms with Crippen molar-refractivity contribution in [2.24, 2.45) is 0 Å². The predicted octanol–water partition coefficient (Wildman–Crippen LogP) is 1.04. The minimum absolute atomic E-state index is 0.00803. The Morgan fingerprint density at radius 2 is 1.81 bits per heavy atom. The fraction of sp³-hybridized carbons (Fsp3) is 0.316. The maximum atomic E-state index is 12.6. The lowest BCUT2D eigenvalue weighted by Gasteiger charge is -2.34. The van der Waals surface area contributed by atoms with E-state index in [2.05, 4.69) is 10.3 Å². The first kappa shape index (κ1) is 16.4. The molecule has 2 aliphatic heterocycles. The third kappa shape index (κ3) is 3.20. The second-order valence-corrected chi connectivity index (χ2v) is 6.65. The van der Waals surface area contributed by atoms with E-state index in [1.165, 1.54) is 0 Å². The molecular formula is C19H20N4O3. The van der Waals surface area contributed by atoms with Gasteiger partial charge in [0.1, 0.15) is 5.69 Å². The molecule has 2 aromatic rings. The van der Waals surface area contributed by atoms with Crippen LogP contribution in [0.25, 0.3) is 0 Å². The van der Waals surface area contributed by atoms with Crippen molar-refractivity contribution in [1.29, 1.82) is 0 Å². The molecule has 0 radical (unpaired) electrons. The molecule has 2 N–H and O–H groups in total. The van der Waals surface area contributed by atoms with Crippen LogP contribution in [0.5, 0.6) is 0 Å². The number of carbonyl (C=O) groups is 3. The number of aromatic nitrogens is 1. The SMILES string of the molecule is O=C1Cc2cc(CC(=O)N3CCN(C(=O)c4ccc[nH]4)CC3)ccc2N1. The minimum atomic E-state index is -0.0297. The first-order chi connectivity index (χ1) is 12.6. The number of amides is 3. The molecule has 1 aromatic carbocycles. The summed E-state index contributed by atoms with van der Waals surface area (Å²) >= 11 is 0. The van der Waals surface area contributed by atoms with Crippen LogP contribution >= 0.6 is 0 Å². The molecular weight excluding hydrogens is 332 g/mol. The van der Waals surface area contributed by atoms with E-state index in [4.69, 9.17) is 0 Å². The van der Waals surface area contributed by atoms with Gasteiger partial charge < -0.3 is 20.1 Å². The first-order valence-corrected chi connectivity index (χ1v) is 8.72. The van der Waals surface area contributed by atoms with Crippen LogP contribution in [0.1, 0.15) is 21.6 Å². The van der Waals surface area contributed by atoms with Crippen molar-refractivity contribution in [3.63, 3.8) is 0 Å². The van der Waals surface area contributed by atoms with Gasteiger partial charge in [-0.15, -0.1) is 0 Å². The monoisotopic (exact) mass is 352 g/mol. The molecule has 1 saturated heterocycles. The summed E-state index contributed by atoms with van der Waals surface area (Å²) in [5.41, 5.74) is 3.27. The number of hydrogen-bond acceptors (Lipinski definition) is 3. The topological polar surface area (TPSA) is 85.5 Å². The highest BCUT2D eigenvalue weighted by atomic mass is 16.2. The number of fused-ring (bicyclic) bond motifs is 1. The standard InChI is InChI=1S/C19H20N4O3/c24-17-12-14-10-13(3-4-15(14)21-17)11-18(25)22-6-8-23(9-7-22)19(26)16-2-1-5-20-16/h1-5,10,20H,6-9,11-12H2,(H,21,24). The molecule has 134 valence electrons. The Bertz CT molecular complexity index is 852. The van der Waals surface area contributed by atoms with E-state index in [1.54, 1.807) is 28.1 Å². The molecule has 26 heavy (non-hydrogen) atoms. The quantitative estimate of drug-likeness (QED) is 0.865. The molecule has 0 bridgehead atoms. The molecule has 7 nitrogen and oxygen atoms in total. The highest BCUT2D eigenvalue weighted by Gasteiger charge is 2.25. The Balaban J connectivity index is 1.33. The first-order valence-electron chi connectivity index (χ1n) is 8.72. The van der Waals surface area contributed by atoms with E-state index in [-0.39, 0.29) is 17.7 Å². The van der Waals surface area contributed by atoms with Crippen molar-refractivity contribution in [2.75, 3.05) is 31.5 Å². The van der Waals surface area contributed by atoms with Crippen molar-refractivity contribution in [2.45, 2.75) is 12.8 Å². The van der Waals surface area contributed by atoms with Crippen LogP contribution in [0.15, 0.2) is 36.5 Å². The van der Waals surface area contributed by atoms with E-state index >= 15 is 0 Å². The third-order valence-corrected chi connectivity index (χ3v) is 4.90. The van der Waals surface area contributed by atoms with Crippen molar-refractivity contribution >= 4 is 23.4 Å². The van der Waals surface area contributed by atoms with E-state index in [0.717, 1.165) is 16.8 Å². The summed E-state index contributed by atoms with van der Waals surface area (Å²) < 4.78 is 0. The zero-order valence-corrected chi connectivity index (χ0v) is 14.3. The number of aromatic amines is 1. The van der Waals surface area contributed by atoms with E-state index in [9.17, 15) is 14.4 Å². The largest absolute Gasteiger partial charge is 0.357 e. The molecule has 1 fully saturated rings. The fourth-order valence-electron chi connectivity index (χ4n) is 3.47. The average molecular weight is 352 g/mol. The highest BCUT2D eigenvalue weighted by molar-refractivity contribution is 5.99. The Hall–Kier alpha value is -3.09. The number of hydrogen-bond donors (Lipinski definition) is 2. The summed E-state index contributed by atoms with van der Waals surface area (Å²) in [6.07, 6.45) is 2.41. The Morgan fingerprint density at radius 3 is 2.54 bits per heavy atom. The zero-order chi connectivity index (χ0) is 18.1. The lowest BCUT2D eigenvalue weighted by atomic mass is 10.1. The summed E-state index contributed by atoms with van der Waals surface area (Å²) in [5, 5.41) is 2.79. The van der Waals surface area contributed by atoms with Crippen LogP contribution in [-0.2, 0) is 22.4 Å². The van der Waals surface area contributed by atoms with Gasteiger partial charge in [0.25, 0.3) is 5.91 Å². The molecule has 7 heteroatoms. The average Bonchev–Trinajstić information content (AvgIpc) is 3.29. The molecule has 0 spiro atoms. The van der Waals surface area contributed by atoms with Crippen molar-refractivity contribution < 1.29 is 14.4 Å². The number of H-pyrrole nitrogens is 1. The van der Waals surface area contributed by atoms with E-state index in [0.29, 0.717) is 44.7 Å². The third-order valence-electron chi connectivity index (χ3n) is 4.90. The number of anilines is 1. The Labute approximate surface area is 151 Å². The van der Waals surface area contributed by atoms with E-state index in [1.807, 2.05) is 18.2 Å². The van der Waals surface area contributed by atoms with Crippen LogP contribution in [-0.4, -0.2) is 58.7 Å². The van der Waals surface area contributed by atoms with E-state index < -0.39 is 0 Å². The molecule has 4 rings (SSSR count). The number of piperazine rings is 1. The number of nitrogens with one attached hydrogen (secondary N) is 2. The van der Waals surface area contributed by atoms with Gasteiger partial charge in [-0.25, -0.2) is 0 Å². The molecule has 0 saturated carbocycles. The van der Waals surface area contributed by atoms with Crippen LogP contribution < -0.4 is 5.32 Å².